The van der Waals surface area contributed by atoms with E-state index in [2.05, 4.69) is 0 Å². The van der Waals surface area contributed by atoms with Gasteiger partial charge in [0.15, 0.2) is 0 Å². The van der Waals surface area contributed by atoms with Crippen LogP contribution in [0.15, 0.2) is 0 Å². The van der Waals surface area contributed by atoms with Crippen LogP contribution in [-0.4, -0.2) is 71.0 Å². The number of rotatable bonds is 13. The SMILES string of the molecule is CC.CC(C)(C)OC(=O)COCCOCCOCCOCCN. The first kappa shape index (κ1) is 24.5. The largest absolute Gasteiger partial charge is 0.458 e. The molecule has 0 heterocycles. The van der Waals surface area contributed by atoms with Crippen LogP contribution < -0.4 is 5.73 Å². The molecule has 0 aliphatic heterocycles. The quantitative estimate of drug-likeness (QED) is 0.401. The van der Waals surface area contributed by atoms with E-state index in [4.69, 9.17) is 29.4 Å². The average molecular weight is 337 g/mol. The summed E-state index contributed by atoms with van der Waals surface area (Å²) in [6, 6.07) is 0. The second-order valence-corrected chi connectivity index (χ2v) is 5.26. The van der Waals surface area contributed by atoms with Crippen LogP contribution in [0.25, 0.3) is 0 Å². The Bertz CT molecular complexity index is 255. The van der Waals surface area contributed by atoms with E-state index in [1.165, 1.54) is 0 Å². The third-order valence-corrected chi connectivity index (χ3v) is 2.02. The van der Waals surface area contributed by atoms with Gasteiger partial charge in [0, 0.05) is 6.54 Å². The molecule has 7 heteroatoms. The van der Waals surface area contributed by atoms with E-state index >= 15 is 0 Å². The fraction of sp³-hybridized carbons (Fsp3) is 0.938. The lowest BCUT2D eigenvalue weighted by Crippen LogP contribution is -2.27. The normalized spacial score (nSPS) is 10.9. The lowest BCUT2D eigenvalue weighted by molar-refractivity contribution is -0.160. The Kier molecular flexibility index (Phi) is 18.8. The van der Waals surface area contributed by atoms with Crippen LogP contribution in [0.3, 0.4) is 0 Å². The highest BCUT2D eigenvalue weighted by atomic mass is 16.6. The van der Waals surface area contributed by atoms with E-state index in [1.807, 2.05) is 34.6 Å². The molecule has 7 nitrogen and oxygen atoms in total. The van der Waals surface area contributed by atoms with Crippen molar-refractivity contribution in [3.63, 3.8) is 0 Å². The van der Waals surface area contributed by atoms with Crippen molar-refractivity contribution in [1.82, 2.24) is 0 Å². The Morgan fingerprint density at radius 3 is 1.57 bits per heavy atom. The second-order valence-electron chi connectivity index (χ2n) is 5.26. The molecule has 0 aromatic rings. The smallest absolute Gasteiger partial charge is 0.332 e. The number of carbonyl (C=O) groups excluding carboxylic acids is 1. The third kappa shape index (κ3) is 23.7. The van der Waals surface area contributed by atoms with Gasteiger partial charge in [-0.2, -0.15) is 0 Å². The summed E-state index contributed by atoms with van der Waals surface area (Å²) in [5.41, 5.74) is 4.79. The van der Waals surface area contributed by atoms with Crippen LogP contribution in [0.1, 0.15) is 34.6 Å². The maximum absolute atomic E-state index is 11.3. The third-order valence-electron chi connectivity index (χ3n) is 2.02. The summed E-state index contributed by atoms with van der Waals surface area (Å²) in [5.74, 6) is -0.372. The molecule has 0 rings (SSSR count). The summed E-state index contributed by atoms with van der Waals surface area (Å²) in [5, 5.41) is 0. The van der Waals surface area contributed by atoms with Gasteiger partial charge in [-0.1, -0.05) is 13.8 Å². The highest BCUT2D eigenvalue weighted by molar-refractivity contribution is 5.71. The van der Waals surface area contributed by atoms with Gasteiger partial charge in [-0.05, 0) is 20.8 Å². The molecule has 0 amide bonds. The average Bonchev–Trinajstić information content (AvgIpc) is 2.48. The van der Waals surface area contributed by atoms with Crippen LogP contribution in [0.2, 0.25) is 0 Å². The molecule has 0 aliphatic rings. The van der Waals surface area contributed by atoms with Crippen LogP contribution >= 0.6 is 0 Å². The predicted molar refractivity (Wildman–Crippen MR) is 89.5 cm³/mol. The Hall–Kier alpha value is -0.730. The molecule has 0 spiro atoms. The van der Waals surface area contributed by atoms with Crippen molar-refractivity contribution in [2.45, 2.75) is 40.2 Å². The first-order chi connectivity index (χ1) is 11.0. The fourth-order valence-electron chi connectivity index (χ4n) is 1.27. The zero-order valence-electron chi connectivity index (χ0n) is 15.4. The van der Waals surface area contributed by atoms with Crippen molar-refractivity contribution < 1.29 is 28.5 Å². The Morgan fingerprint density at radius 1 is 0.783 bits per heavy atom. The van der Waals surface area contributed by atoms with Crippen molar-refractivity contribution >= 4 is 5.97 Å². The number of ether oxygens (including phenoxy) is 5. The standard InChI is InChI=1S/C14H29NO6.C2H6/c1-14(2,3)21-13(16)12-20-11-10-19-9-8-18-7-6-17-5-4-15;1-2/h4-12,15H2,1-3H3;1-2H3. The molecule has 0 aromatic carbocycles. The van der Waals surface area contributed by atoms with Gasteiger partial charge in [0.05, 0.1) is 46.2 Å². The Labute approximate surface area is 140 Å². The van der Waals surface area contributed by atoms with Crippen molar-refractivity contribution in [3.05, 3.63) is 0 Å². The molecule has 0 bridgehead atoms. The van der Waals surface area contributed by atoms with E-state index in [0.717, 1.165) is 0 Å². The number of hydrogen-bond donors (Lipinski definition) is 1. The maximum Gasteiger partial charge on any atom is 0.332 e. The van der Waals surface area contributed by atoms with Crippen molar-refractivity contribution in [1.29, 1.82) is 0 Å². The molecule has 0 saturated heterocycles. The Balaban J connectivity index is 0. The highest BCUT2D eigenvalue weighted by Crippen LogP contribution is 2.06. The molecule has 0 aliphatic carbocycles. The summed E-state index contributed by atoms with van der Waals surface area (Å²) in [7, 11) is 0. The van der Waals surface area contributed by atoms with Gasteiger partial charge in [0.25, 0.3) is 0 Å². The molecule has 140 valence electrons. The first-order valence-corrected chi connectivity index (χ1v) is 8.18. The Morgan fingerprint density at radius 2 is 1.17 bits per heavy atom. The number of esters is 1. The van der Waals surface area contributed by atoms with Gasteiger partial charge < -0.3 is 29.4 Å². The van der Waals surface area contributed by atoms with E-state index in [0.29, 0.717) is 52.8 Å². The molecular formula is C16H35NO6. The van der Waals surface area contributed by atoms with Crippen molar-refractivity contribution in [2.24, 2.45) is 5.73 Å². The van der Waals surface area contributed by atoms with Crippen LogP contribution in [0.5, 0.6) is 0 Å². The van der Waals surface area contributed by atoms with E-state index in [9.17, 15) is 4.79 Å². The molecule has 0 atom stereocenters. The summed E-state index contributed by atoms with van der Waals surface area (Å²) >= 11 is 0. The second kappa shape index (κ2) is 17.6. The zero-order valence-corrected chi connectivity index (χ0v) is 15.4. The van der Waals surface area contributed by atoms with Crippen LogP contribution in [0.4, 0.5) is 0 Å². The summed E-state index contributed by atoms with van der Waals surface area (Å²) < 4.78 is 25.9. The van der Waals surface area contributed by atoms with E-state index in [1.54, 1.807) is 0 Å². The van der Waals surface area contributed by atoms with Gasteiger partial charge in [0.1, 0.15) is 12.2 Å². The minimum absolute atomic E-state index is 0.0599. The molecule has 0 aromatic heterocycles. The minimum atomic E-state index is -0.484. The predicted octanol–water partition coefficient (Wildman–Crippen LogP) is 1.38. The summed E-state index contributed by atoms with van der Waals surface area (Å²) in [6.07, 6.45) is 0. The van der Waals surface area contributed by atoms with Crippen LogP contribution in [0, 0.1) is 0 Å². The lowest BCUT2D eigenvalue weighted by atomic mass is 10.2. The summed E-state index contributed by atoms with van der Waals surface area (Å²) in [4.78, 5) is 11.3. The monoisotopic (exact) mass is 337 g/mol. The molecule has 0 saturated carbocycles. The molecule has 23 heavy (non-hydrogen) atoms. The number of hydrogen-bond acceptors (Lipinski definition) is 7. The number of carbonyl (C=O) groups is 1. The molecule has 0 unspecified atom stereocenters. The van der Waals surface area contributed by atoms with Gasteiger partial charge in [-0.15, -0.1) is 0 Å². The molecule has 0 fully saturated rings. The van der Waals surface area contributed by atoms with E-state index in [-0.39, 0.29) is 12.6 Å². The van der Waals surface area contributed by atoms with Gasteiger partial charge in [-0.3, -0.25) is 0 Å². The fourth-order valence-corrected chi connectivity index (χ4v) is 1.27. The lowest BCUT2D eigenvalue weighted by Gasteiger charge is -2.19. The van der Waals surface area contributed by atoms with Gasteiger partial charge in [0.2, 0.25) is 0 Å². The van der Waals surface area contributed by atoms with Crippen molar-refractivity contribution in [3.8, 4) is 0 Å². The molecule has 2 N–H and O–H groups in total. The zero-order chi connectivity index (χ0) is 18.0. The molecule has 0 radical (unpaired) electrons. The minimum Gasteiger partial charge on any atom is -0.458 e. The molecular weight excluding hydrogens is 302 g/mol. The van der Waals surface area contributed by atoms with Crippen molar-refractivity contribution in [2.75, 3.05) is 59.4 Å². The van der Waals surface area contributed by atoms with E-state index < -0.39 is 5.60 Å². The summed E-state index contributed by atoms with van der Waals surface area (Å²) in [6.45, 7) is 13.3. The van der Waals surface area contributed by atoms with Crippen LogP contribution in [-0.2, 0) is 28.5 Å². The topological polar surface area (TPSA) is 89.2 Å². The van der Waals surface area contributed by atoms with Gasteiger partial charge >= 0.3 is 5.97 Å². The van der Waals surface area contributed by atoms with Gasteiger partial charge in [-0.25, -0.2) is 4.79 Å². The highest BCUT2D eigenvalue weighted by Gasteiger charge is 2.15. The first-order valence-electron chi connectivity index (χ1n) is 8.18. The maximum atomic E-state index is 11.3. The number of nitrogens with two attached hydrogens (primary N) is 1.